The number of fused-ring (bicyclic) bond motifs is 10. The first-order valence-corrected chi connectivity index (χ1v) is 26.2. The Hall–Kier alpha value is -10.0. The Labute approximate surface area is 442 Å². The Morgan fingerprint density at radius 2 is 0.605 bits per heavy atom. The minimum absolute atomic E-state index is 0.290. The van der Waals surface area contributed by atoms with Gasteiger partial charge < -0.3 is 9.13 Å². The van der Waals surface area contributed by atoms with Crippen LogP contribution < -0.4 is 0 Å². The van der Waals surface area contributed by atoms with Gasteiger partial charge in [0.1, 0.15) is 0 Å². The van der Waals surface area contributed by atoms with Crippen molar-refractivity contribution in [2.75, 3.05) is 0 Å². The van der Waals surface area contributed by atoms with Gasteiger partial charge in [0, 0.05) is 22.2 Å². The highest BCUT2D eigenvalue weighted by molar-refractivity contribution is 5.95. The van der Waals surface area contributed by atoms with Crippen LogP contribution in [0.4, 0.5) is 0 Å². The Morgan fingerprint density at radius 3 is 0.947 bits per heavy atom. The van der Waals surface area contributed by atoms with Crippen molar-refractivity contribution in [3.8, 4) is 84.2 Å². The van der Waals surface area contributed by atoms with Crippen LogP contribution in [0.3, 0.4) is 0 Å². The van der Waals surface area contributed by atoms with Crippen LogP contribution in [0.5, 0.6) is 0 Å². The molecule has 15 rings (SSSR count). The molecule has 2 aromatic heterocycles. The topological polar surface area (TPSA) is 33.6 Å². The van der Waals surface area contributed by atoms with E-state index in [1.54, 1.807) is 0 Å². The standard InChI is InChI=1S/C73H47N3/c74-46-63-70(72-59-37-35-55(49-23-11-3-12-24-49)41-66(59)75-64-39-53(47-19-7-1-8-20-47)31-33-57(64)43-68(72)75)61(51-27-15-5-16-28-51)45-62(52-29-17-6-18-30-52)71(63)73-60-38-36-56(50-25-13-4-14-26-50)42-67(60)76-65-40-54(48-21-9-2-10-22-48)32-34-58(65)44-69(73)76/h1-45,72-73H. The predicted molar refractivity (Wildman–Crippen MR) is 312 cm³/mol. The van der Waals surface area contributed by atoms with Crippen LogP contribution in [0.1, 0.15) is 51.0 Å². The summed E-state index contributed by atoms with van der Waals surface area (Å²) in [6, 6.07) is 102. The first-order chi connectivity index (χ1) is 37.7. The van der Waals surface area contributed by atoms with E-state index < -0.39 is 0 Å². The van der Waals surface area contributed by atoms with E-state index in [1.165, 1.54) is 22.3 Å². The lowest BCUT2D eigenvalue weighted by Gasteiger charge is -2.27. The summed E-state index contributed by atoms with van der Waals surface area (Å²) in [6.07, 6.45) is 0. The maximum atomic E-state index is 12.5. The molecule has 0 N–H and O–H groups in total. The van der Waals surface area contributed by atoms with E-state index in [4.69, 9.17) is 0 Å². The van der Waals surface area contributed by atoms with E-state index in [0.717, 1.165) is 111 Å². The summed E-state index contributed by atoms with van der Waals surface area (Å²) >= 11 is 0. The van der Waals surface area contributed by atoms with Crippen LogP contribution in [-0.2, 0) is 0 Å². The number of hydrogen-bond acceptors (Lipinski definition) is 1. The lowest BCUT2D eigenvalue weighted by Crippen LogP contribution is -2.12. The van der Waals surface area contributed by atoms with Gasteiger partial charge >= 0.3 is 0 Å². The number of nitrogens with zero attached hydrogens (tertiary/aromatic N) is 3. The second-order valence-corrected chi connectivity index (χ2v) is 20.3. The maximum absolute atomic E-state index is 12.5. The summed E-state index contributed by atoms with van der Waals surface area (Å²) in [7, 11) is 0. The molecule has 0 saturated heterocycles. The second kappa shape index (κ2) is 17.6. The minimum atomic E-state index is -0.290. The molecule has 2 aliphatic rings. The van der Waals surface area contributed by atoms with Crippen LogP contribution in [0.15, 0.2) is 273 Å². The van der Waals surface area contributed by atoms with E-state index in [9.17, 15) is 5.26 Å². The molecular formula is C73H47N3. The molecule has 0 spiro atoms. The Balaban J connectivity index is 1.05. The average Bonchev–Trinajstić information content (AvgIpc) is 4.33. The molecule has 0 bridgehead atoms. The first-order valence-electron chi connectivity index (χ1n) is 26.2. The highest BCUT2D eigenvalue weighted by Crippen LogP contribution is 2.56. The molecular weight excluding hydrogens is 919 g/mol. The fourth-order valence-corrected chi connectivity index (χ4v) is 12.7. The molecule has 3 nitrogen and oxygen atoms in total. The van der Waals surface area contributed by atoms with E-state index in [-0.39, 0.29) is 11.8 Å². The van der Waals surface area contributed by atoms with Gasteiger partial charge in [0.15, 0.2) is 0 Å². The normalized spacial score (nSPS) is 14.0. The molecule has 354 valence electrons. The maximum Gasteiger partial charge on any atom is 0.0998 e. The number of hydrogen-bond donors (Lipinski definition) is 0. The molecule has 2 unspecified atom stereocenters. The lowest BCUT2D eigenvalue weighted by molar-refractivity contribution is 0.928. The zero-order chi connectivity index (χ0) is 50.3. The van der Waals surface area contributed by atoms with Crippen molar-refractivity contribution >= 4 is 21.8 Å². The fourth-order valence-electron chi connectivity index (χ4n) is 12.7. The molecule has 2 atom stereocenters. The van der Waals surface area contributed by atoms with Crippen LogP contribution in [0, 0.1) is 11.3 Å². The highest BCUT2D eigenvalue weighted by Gasteiger charge is 2.41. The van der Waals surface area contributed by atoms with Gasteiger partial charge in [-0.05, 0) is 131 Å². The smallest absolute Gasteiger partial charge is 0.0998 e. The molecule has 0 aliphatic carbocycles. The molecule has 4 heterocycles. The predicted octanol–water partition coefficient (Wildman–Crippen LogP) is 18.4. The van der Waals surface area contributed by atoms with Crippen molar-refractivity contribution in [3.63, 3.8) is 0 Å². The van der Waals surface area contributed by atoms with Gasteiger partial charge in [-0.1, -0.05) is 231 Å². The van der Waals surface area contributed by atoms with Crippen molar-refractivity contribution in [3.05, 3.63) is 312 Å². The van der Waals surface area contributed by atoms with E-state index >= 15 is 0 Å². The summed E-state index contributed by atoms with van der Waals surface area (Å²) in [5, 5.41) is 14.8. The molecule has 13 aromatic rings. The number of benzene rings is 11. The molecule has 0 amide bonds. The van der Waals surface area contributed by atoms with Crippen molar-refractivity contribution in [1.29, 1.82) is 5.26 Å². The molecule has 0 saturated carbocycles. The van der Waals surface area contributed by atoms with Gasteiger partial charge in [-0.2, -0.15) is 5.26 Å². The zero-order valence-corrected chi connectivity index (χ0v) is 41.5. The molecule has 2 aliphatic heterocycles. The van der Waals surface area contributed by atoms with Crippen molar-refractivity contribution in [1.82, 2.24) is 9.13 Å². The number of aromatic nitrogens is 2. The van der Waals surface area contributed by atoms with Crippen LogP contribution in [-0.4, -0.2) is 9.13 Å². The SMILES string of the molecule is N#Cc1c(C2c3ccc(-c4ccccc4)cc3-n3c2cc2ccc(-c4ccccc4)cc23)c(-c2ccccc2)cc(-c2ccccc2)c1C1c2ccc(-c3ccccc3)cc2-n2c1cc1ccc(-c3ccccc3)cc12. The largest absolute Gasteiger partial charge is 0.312 e. The van der Waals surface area contributed by atoms with Gasteiger partial charge in [-0.15, -0.1) is 0 Å². The third kappa shape index (κ3) is 6.89. The highest BCUT2D eigenvalue weighted by atomic mass is 15.0. The Morgan fingerprint density at radius 1 is 0.289 bits per heavy atom. The van der Waals surface area contributed by atoms with E-state index in [1.807, 2.05) is 0 Å². The van der Waals surface area contributed by atoms with Gasteiger partial charge in [-0.3, -0.25) is 0 Å². The molecule has 0 radical (unpaired) electrons. The minimum Gasteiger partial charge on any atom is -0.312 e. The van der Waals surface area contributed by atoms with Crippen molar-refractivity contribution in [2.24, 2.45) is 0 Å². The number of rotatable bonds is 8. The molecule has 76 heavy (non-hydrogen) atoms. The average molecular weight is 966 g/mol. The van der Waals surface area contributed by atoms with Gasteiger partial charge in [0.05, 0.1) is 45.9 Å². The van der Waals surface area contributed by atoms with E-state index in [2.05, 4.69) is 288 Å². The van der Waals surface area contributed by atoms with Crippen LogP contribution in [0.25, 0.3) is 99.9 Å². The summed E-state index contributed by atoms with van der Waals surface area (Å²) < 4.78 is 4.99. The number of nitriles is 1. The fraction of sp³-hybridized carbons (Fsp3) is 0.0274. The summed E-state index contributed by atoms with van der Waals surface area (Å²) in [5.74, 6) is -0.581. The Bertz CT molecular complexity index is 4150. The van der Waals surface area contributed by atoms with Gasteiger partial charge in [-0.25, -0.2) is 0 Å². The molecule has 3 heteroatoms. The summed E-state index contributed by atoms with van der Waals surface area (Å²) in [4.78, 5) is 0. The van der Waals surface area contributed by atoms with Gasteiger partial charge in [0.2, 0.25) is 0 Å². The zero-order valence-electron chi connectivity index (χ0n) is 41.5. The van der Waals surface area contributed by atoms with Gasteiger partial charge in [0.25, 0.3) is 0 Å². The van der Waals surface area contributed by atoms with Crippen LogP contribution in [0.2, 0.25) is 0 Å². The summed E-state index contributed by atoms with van der Waals surface area (Å²) in [6.45, 7) is 0. The third-order valence-electron chi connectivity index (χ3n) is 16.1. The Kier molecular flexibility index (Phi) is 10.1. The van der Waals surface area contributed by atoms with Crippen LogP contribution >= 0.6 is 0 Å². The monoisotopic (exact) mass is 965 g/mol. The quantitative estimate of drug-likeness (QED) is 0.149. The third-order valence-corrected chi connectivity index (χ3v) is 16.1. The molecule has 11 aromatic carbocycles. The van der Waals surface area contributed by atoms with Crippen molar-refractivity contribution in [2.45, 2.75) is 11.8 Å². The van der Waals surface area contributed by atoms with Crippen molar-refractivity contribution < 1.29 is 0 Å². The molecule has 0 fully saturated rings. The van der Waals surface area contributed by atoms with E-state index in [0.29, 0.717) is 5.56 Å². The lowest BCUT2D eigenvalue weighted by atomic mass is 9.74. The second-order valence-electron chi connectivity index (χ2n) is 20.3. The summed E-state index contributed by atoms with van der Waals surface area (Å²) in [5.41, 5.74) is 25.5. The first kappa shape index (κ1) is 43.6.